The zero-order valence-electron chi connectivity index (χ0n) is 3.87. The van der Waals surface area contributed by atoms with Crippen LogP contribution in [0, 0.1) is 4.99 Å². The molecular weight excluding hydrogens is 140 g/mol. The highest BCUT2D eigenvalue weighted by atomic mass is 79.9. The van der Waals surface area contributed by atoms with Gasteiger partial charge in [0.05, 0.1) is 0 Å². The predicted molar refractivity (Wildman–Crippen MR) is 31.6 cm³/mol. The lowest BCUT2D eigenvalue weighted by Crippen LogP contribution is -1.54. The first-order valence-corrected chi connectivity index (χ1v) is 2.89. The Balaban J connectivity index is 2.66. The van der Waals surface area contributed by atoms with Crippen molar-refractivity contribution in [3.63, 3.8) is 0 Å². The molecule has 0 aromatic heterocycles. The van der Waals surface area contributed by atoms with Crippen LogP contribution in [0.5, 0.6) is 0 Å². The lowest BCUT2D eigenvalue weighted by molar-refractivity contribution is 0.959. The molecule has 0 spiro atoms. The smallest absolute Gasteiger partial charge is 0.0274 e. The Morgan fingerprint density at radius 3 is 2.67 bits per heavy atom. The molecule has 0 aromatic carbocycles. The van der Waals surface area contributed by atoms with Crippen molar-refractivity contribution in [3.05, 3.63) is 11.1 Å². The van der Waals surface area contributed by atoms with Gasteiger partial charge in [-0.25, -0.2) is 0 Å². The van der Waals surface area contributed by atoms with Crippen molar-refractivity contribution < 1.29 is 0 Å². The average molecular weight is 148 g/mol. The van der Waals surface area contributed by atoms with E-state index in [-0.39, 0.29) is 0 Å². The van der Waals surface area contributed by atoms with E-state index in [0.29, 0.717) is 0 Å². The number of hydrogen-bond donors (Lipinski definition) is 0. The van der Waals surface area contributed by atoms with Crippen LogP contribution < -0.4 is 0 Å². The Labute approximate surface area is 47.4 Å². The van der Waals surface area contributed by atoms with Crippen molar-refractivity contribution in [1.82, 2.24) is 0 Å². The number of hydrogen-bond acceptors (Lipinski definition) is 0. The van der Waals surface area contributed by atoms with Gasteiger partial charge in [0.25, 0.3) is 0 Å². The Morgan fingerprint density at radius 2 is 2.50 bits per heavy atom. The van der Waals surface area contributed by atoms with Gasteiger partial charge in [0, 0.05) is 4.99 Å². The highest BCUT2D eigenvalue weighted by Crippen LogP contribution is 1.89. The van der Waals surface area contributed by atoms with E-state index in [1.54, 1.807) is 0 Å². The average Bonchev–Trinajstić information content (AvgIpc) is 1.61. The van der Waals surface area contributed by atoms with E-state index in [9.17, 15) is 0 Å². The lowest BCUT2D eigenvalue weighted by atomic mass is 10.3. The van der Waals surface area contributed by atoms with Crippen molar-refractivity contribution in [2.75, 3.05) is 0 Å². The van der Waals surface area contributed by atoms with E-state index in [0.717, 1.165) is 6.42 Å². The first-order chi connectivity index (χ1) is 2.91. The number of unbranched alkanes of at least 4 members (excludes halogenated alkanes) is 1. The maximum atomic E-state index is 3.04. The second kappa shape index (κ2) is 5.22. The molecule has 0 fully saturated rings. The van der Waals surface area contributed by atoms with Crippen LogP contribution in [0.2, 0.25) is 0 Å². The topological polar surface area (TPSA) is 0 Å². The fourth-order valence-corrected chi connectivity index (χ4v) is 0.428. The maximum Gasteiger partial charge on any atom is 0.0274 e. The quantitative estimate of drug-likeness (QED) is 0.564. The largest absolute Gasteiger partial charge is 0.0691 e. The van der Waals surface area contributed by atoms with Gasteiger partial charge >= 0.3 is 0 Å². The van der Waals surface area contributed by atoms with Gasteiger partial charge in [0.2, 0.25) is 0 Å². The molecule has 1 radical (unpaired) electrons. The van der Waals surface area contributed by atoms with Crippen LogP contribution in [-0.2, 0) is 0 Å². The molecule has 0 unspecified atom stereocenters. The van der Waals surface area contributed by atoms with E-state index in [1.807, 2.05) is 6.08 Å². The zero-order valence-corrected chi connectivity index (χ0v) is 5.46. The van der Waals surface area contributed by atoms with Crippen LogP contribution in [0.15, 0.2) is 6.08 Å². The third-order valence-corrected chi connectivity index (χ3v) is 0.834. The lowest BCUT2D eigenvalue weighted by Gasteiger charge is -1.74. The van der Waals surface area contributed by atoms with Crippen molar-refractivity contribution in [2.24, 2.45) is 0 Å². The van der Waals surface area contributed by atoms with E-state index in [1.165, 1.54) is 6.42 Å². The molecule has 0 saturated heterocycles. The molecule has 0 aliphatic carbocycles. The summed E-state index contributed by atoms with van der Waals surface area (Å²) >= 11 is 3.04. The minimum absolute atomic E-state index is 1.13. The summed E-state index contributed by atoms with van der Waals surface area (Å²) in [6.45, 7) is 2.14. The molecule has 0 saturated carbocycles. The van der Waals surface area contributed by atoms with Crippen molar-refractivity contribution in [2.45, 2.75) is 19.8 Å². The molecule has 0 bridgehead atoms. The summed E-state index contributed by atoms with van der Waals surface area (Å²) in [4.78, 5) is 2.76. The fraction of sp³-hybridized carbons (Fsp3) is 0.600. The van der Waals surface area contributed by atoms with Gasteiger partial charge < -0.3 is 0 Å². The number of rotatable bonds is 2. The molecule has 6 heavy (non-hydrogen) atoms. The predicted octanol–water partition coefficient (Wildman–Crippen LogP) is 2.50. The molecule has 0 aliphatic heterocycles. The van der Waals surface area contributed by atoms with Crippen molar-refractivity contribution in [1.29, 1.82) is 0 Å². The standard InChI is InChI=1S/C5H8Br/c1-2-3-4-5-6/h4H,2-3H2,1H3. The molecule has 0 atom stereocenters. The summed E-state index contributed by atoms with van der Waals surface area (Å²) < 4.78 is 0. The van der Waals surface area contributed by atoms with Gasteiger partial charge in [0.15, 0.2) is 0 Å². The third kappa shape index (κ3) is 4.22. The van der Waals surface area contributed by atoms with Gasteiger partial charge in [0.1, 0.15) is 0 Å². The summed E-state index contributed by atoms with van der Waals surface area (Å²) in [5, 5.41) is 0. The number of allylic oxidation sites excluding steroid dienone is 1. The highest BCUT2D eigenvalue weighted by molar-refractivity contribution is 9.10. The molecular formula is C5H8Br. The SMILES string of the molecule is CCC/C=[C]\Br. The van der Waals surface area contributed by atoms with Gasteiger partial charge in [-0.3, -0.25) is 0 Å². The van der Waals surface area contributed by atoms with Crippen LogP contribution >= 0.6 is 15.9 Å². The summed E-state index contributed by atoms with van der Waals surface area (Å²) in [6, 6.07) is 0. The Morgan fingerprint density at radius 1 is 1.83 bits per heavy atom. The van der Waals surface area contributed by atoms with E-state index in [2.05, 4.69) is 27.8 Å². The summed E-state index contributed by atoms with van der Waals surface area (Å²) in [7, 11) is 0. The molecule has 0 rings (SSSR count). The van der Waals surface area contributed by atoms with Crippen LogP contribution in [0.1, 0.15) is 19.8 Å². The summed E-state index contributed by atoms with van der Waals surface area (Å²) in [5.41, 5.74) is 0. The molecule has 0 nitrogen and oxygen atoms in total. The molecule has 0 heterocycles. The van der Waals surface area contributed by atoms with E-state index >= 15 is 0 Å². The van der Waals surface area contributed by atoms with Crippen LogP contribution in [0.4, 0.5) is 0 Å². The normalized spacial score (nSPS) is 10.3. The second-order valence-corrected chi connectivity index (χ2v) is 1.56. The monoisotopic (exact) mass is 147 g/mol. The van der Waals surface area contributed by atoms with Gasteiger partial charge in [-0.1, -0.05) is 19.4 Å². The van der Waals surface area contributed by atoms with Gasteiger partial charge in [-0.2, -0.15) is 0 Å². The molecule has 35 valence electrons. The molecule has 0 aromatic rings. The maximum absolute atomic E-state index is 3.04. The minimum Gasteiger partial charge on any atom is -0.0691 e. The molecule has 0 N–H and O–H groups in total. The Bertz CT molecular complexity index is 39.2. The van der Waals surface area contributed by atoms with Crippen LogP contribution in [0.3, 0.4) is 0 Å². The van der Waals surface area contributed by atoms with E-state index in [4.69, 9.17) is 0 Å². The van der Waals surface area contributed by atoms with Crippen LogP contribution in [0.25, 0.3) is 0 Å². The Hall–Kier alpha value is 0.220. The van der Waals surface area contributed by atoms with E-state index < -0.39 is 0 Å². The van der Waals surface area contributed by atoms with Crippen LogP contribution in [-0.4, -0.2) is 0 Å². The summed E-state index contributed by atoms with van der Waals surface area (Å²) in [6.07, 6.45) is 4.31. The zero-order chi connectivity index (χ0) is 4.83. The highest BCUT2D eigenvalue weighted by Gasteiger charge is 1.66. The summed E-state index contributed by atoms with van der Waals surface area (Å²) in [5.74, 6) is 0. The second-order valence-electron chi connectivity index (χ2n) is 1.10. The Kier molecular flexibility index (Phi) is 5.41. The first kappa shape index (κ1) is 6.22. The van der Waals surface area contributed by atoms with Gasteiger partial charge in [-0.05, 0) is 22.4 Å². The molecule has 0 aliphatic rings. The van der Waals surface area contributed by atoms with Crippen molar-refractivity contribution in [3.8, 4) is 0 Å². The van der Waals surface area contributed by atoms with Crippen molar-refractivity contribution >= 4 is 15.9 Å². The molecule has 1 heteroatoms. The minimum atomic E-state index is 1.13. The third-order valence-electron chi connectivity index (χ3n) is 0.510. The van der Waals surface area contributed by atoms with Gasteiger partial charge in [-0.15, -0.1) is 0 Å². The fourth-order valence-electron chi connectivity index (χ4n) is 0.199. The number of halogens is 1. The molecule has 0 amide bonds. The first-order valence-electron chi connectivity index (χ1n) is 2.09.